The zero-order valence-electron chi connectivity index (χ0n) is 45.8. The van der Waals surface area contributed by atoms with Crippen LogP contribution in [0.3, 0.4) is 0 Å². The Labute approximate surface area is 434 Å². The van der Waals surface area contributed by atoms with E-state index in [0.29, 0.717) is 23.9 Å². The molecule has 0 saturated carbocycles. The van der Waals surface area contributed by atoms with Crippen molar-refractivity contribution in [2.24, 2.45) is 0 Å². The number of allylic oxidation sites excluding steroid dienone is 18. The van der Waals surface area contributed by atoms with Gasteiger partial charge in [-0.1, -0.05) is 207 Å². The second-order valence-corrected chi connectivity index (χ2v) is 19.5. The molecule has 2 atom stereocenters. The van der Waals surface area contributed by atoms with Gasteiger partial charge in [-0.15, -0.1) is 0 Å². The van der Waals surface area contributed by atoms with Crippen molar-refractivity contribution in [2.45, 2.75) is 219 Å². The van der Waals surface area contributed by atoms with E-state index in [-0.39, 0.29) is 38.6 Å². The van der Waals surface area contributed by atoms with Crippen molar-refractivity contribution in [3.05, 3.63) is 109 Å². The number of carboxylic acids is 1. The summed E-state index contributed by atoms with van der Waals surface area (Å²) in [6, 6.07) is 0. The maximum Gasteiger partial charge on any atom is 0.361 e. The Bertz CT molecular complexity index is 1530. The van der Waals surface area contributed by atoms with Crippen LogP contribution in [-0.4, -0.2) is 87.4 Å². The summed E-state index contributed by atoms with van der Waals surface area (Å²) in [5.74, 6) is -2.10. The Hall–Kier alpha value is -4.05. The van der Waals surface area contributed by atoms with E-state index in [9.17, 15) is 19.5 Å². The van der Waals surface area contributed by atoms with Gasteiger partial charge in [-0.25, -0.2) is 4.79 Å². The van der Waals surface area contributed by atoms with Gasteiger partial charge in [-0.2, -0.15) is 0 Å². The zero-order valence-corrected chi connectivity index (χ0v) is 45.8. The molecular weight excluding hydrogens is 887 g/mol. The number of rotatable bonds is 50. The molecule has 9 heteroatoms. The first kappa shape index (κ1) is 67.0. The van der Waals surface area contributed by atoms with Crippen LogP contribution in [0.2, 0.25) is 0 Å². The van der Waals surface area contributed by atoms with Gasteiger partial charge in [-0.3, -0.25) is 9.59 Å². The second kappa shape index (κ2) is 52.3. The third-order valence-corrected chi connectivity index (χ3v) is 11.5. The number of aliphatic carboxylic acids is 1. The minimum absolute atomic E-state index is 0.170. The maximum absolute atomic E-state index is 12.8. The molecule has 71 heavy (non-hydrogen) atoms. The molecule has 0 rings (SSSR count). The Kier molecular flexibility index (Phi) is 49.3. The highest BCUT2D eigenvalue weighted by atomic mass is 16.7. The zero-order chi connectivity index (χ0) is 52.0. The molecule has 0 spiro atoms. The minimum atomic E-state index is -1.53. The number of nitrogens with zero attached hydrogens (tertiary/aromatic N) is 1. The van der Waals surface area contributed by atoms with Crippen LogP contribution >= 0.6 is 0 Å². The average molecular weight is 992 g/mol. The summed E-state index contributed by atoms with van der Waals surface area (Å²) in [6.45, 7) is 4.67. The lowest BCUT2D eigenvalue weighted by molar-refractivity contribution is -0.870. The van der Waals surface area contributed by atoms with Crippen molar-refractivity contribution in [1.82, 2.24) is 0 Å². The number of hydrogen-bond acceptors (Lipinski definition) is 7. The fourth-order valence-electron chi connectivity index (χ4n) is 7.21. The summed E-state index contributed by atoms with van der Waals surface area (Å²) in [7, 11) is 5.94. The van der Waals surface area contributed by atoms with Crippen LogP contribution in [0.5, 0.6) is 0 Å². The highest BCUT2D eigenvalue weighted by Gasteiger charge is 2.25. The SMILES string of the molecule is CC/C=C\C/C=C\C/C=C\C/C=C\C/C=C\C/C=C\C/C=C\CCCC(=O)OC(COC(=O)CCCCCCCCCCCCC/C=C\C/C=C\CCCCCCC)COC(OCC[N+](C)(C)C)C(=O)O. The van der Waals surface area contributed by atoms with Gasteiger partial charge < -0.3 is 28.5 Å². The number of carbonyl (C=O) groups excluding carboxylic acids is 2. The summed E-state index contributed by atoms with van der Waals surface area (Å²) in [5.41, 5.74) is 0. The van der Waals surface area contributed by atoms with Crippen molar-refractivity contribution in [2.75, 3.05) is 47.5 Å². The van der Waals surface area contributed by atoms with E-state index in [4.69, 9.17) is 18.9 Å². The lowest BCUT2D eigenvalue weighted by Gasteiger charge is -2.25. The fraction of sp³-hybridized carbons (Fsp3) is 0.661. The van der Waals surface area contributed by atoms with E-state index in [2.05, 4.69) is 123 Å². The molecule has 0 aliphatic rings. The maximum atomic E-state index is 12.8. The van der Waals surface area contributed by atoms with Gasteiger partial charge in [0.25, 0.3) is 6.29 Å². The number of esters is 2. The largest absolute Gasteiger partial charge is 0.477 e. The summed E-state index contributed by atoms with van der Waals surface area (Å²) in [6.07, 6.45) is 68.8. The number of ether oxygens (including phenoxy) is 4. The first-order valence-electron chi connectivity index (χ1n) is 28.1. The van der Waals surface area contributed by atoms with Gasteiger partial charge in [0, 0.05) is 12.8 Å². The topological polar surface area (TPSA) is 108 Å². The average Bonchev–Trinajstić information content (AvgIpc) is 3.34. The van der Waals surface area contributed by atoms with Gasteiger partial charge in [0.05, 0.1) is 34.4 Å². The van der Waals surface area contributed by atoms with Crippen molar-refractivity contribution >= 4 is 17.9 Å². The summed E-state index contributed by atoms with van der Waals surface area (Å²) in [5, 5.41) is 9.69. The Morgan fingerprint density at radius 3 is 1.24 bits per heavy atom. The molecule has 0 fully saturated rings. The Morgan fingerprint density at radius 1 is 0.437 bits per heavy atom. The molecule has 0 heterocycles. The van der Waals surface area contributed by atoms with Gasteiger partial charge in [0.15, 0.2) is 6.10 Å². The van der Waals surface area contributed by atoms with E-state index < -0.39 is 24.3 Å². The molecule has 9 nitrogen and oxygen atoms in total. The molecule has 404 valence electrons. The third kappa shape index (κ3) is 53.6. The molecule has 0 aromatic carbocycles. The predicted octanol–water partition coefficient (Wildman–Crippen LogP) is 16.3. The number of carbonyl (C=O) groups is 3. The molecule has 0 amide bonds. The monoisotopic (exact) mass is 991 g/mol. The number of carboxylic acid groups (broad SMARTS) is 1. The third-order valence-electron chi connectivity index (χ3n) is 11.5. The van der Waals surface area contributed by atoms with Crippen molar-refractivity contribution < 1.29 is 42.9 Å². The van der Waals surface area contributed by atoms with E-state index in [0.717, 1.165) is 70.6 Å². The number of unbranched alkanes of at least 4 members (excludes halogenated alkanes) is 17. The quantitative estimate of drug-likeness (QED) is 0.0211. The minimum Gasteiger partial charge on any atom is -0.477 e. The molecule has 2 unspecified atom stereocenters. The first-order chi connectivity index (χ1) is 34.6. The second-order valence-electron chi connectivity index (χ2n) is 19.5. The molecular formula is C62H104NO8+. The molecule has 0 aliphatic carbocycles. The van der Waals surface area contributed by atoms with E-state index in [1.165, 1.54) is 96.3 Å². The van der Waals surface area contributed by atoms with Gasteiger partial charge in [0.2, 0.25) is 0 Å². The Morgan fingerprint density at radius 2 is 0.817 bits per heavy atom. The number of quaternary nitrogens is 1. The van der Waals surface area contributed by atoms with Crippen molar-refractivity contribution in [1.29, 1.82) is 0 Å². The van der Waals surface area contributed by atoms with Crippen LogP contribution in [0.25, 0.3) is 0 Å². The van der Waals surface area contributed by atoms with Crippen LogP contribution < -0.4 is 0 Å². The smallest absolute Gasteiger partial charge is 0.361 e. The number of likely N-dealkylation sites (N-methyl/N-ethyl adjacent to an activating group) is 1. The van der Waals surface area contributed by atoms with Crippen LogP contribution in [0.4, 0.5) is 0 Å². The molecule has 0 aromatic rings. The van der Waals surface area contributed by atoms with Crippen molar-refractivity contribution in [3.63, 3.8) is 0 Å². The van der Waals surface area contributed by atoms with Crippen LogP contribution in [0.1, 0.15) is 206 Å². The highest BCUT2D eigenvalue weighted by molar-refractivity contribution is 5.71. The van der Waals surface area contributed by atoms with Crippen LogP contribution in [0, 0.1) is 0 Å². The standard InChI is InChI=1S/C62H103NO8/c1-6-8-10-12-14-16-18-20-22-24-26-28-30-32-34-36-38-40-42-44-46-48-50-52-59(64)69-56-58(57-70-62(61(66)67)68-55-54-63(3,4)5)71-60(65)53-51-49-47-45-43-41-39-37-35-33-31-29-27-25-23-21-19-17-15-13-11-9-7-2/h9,11,15,17-18,20-21,23-24,26-27,29,33,35,39,41,45,47,58,62H,6-8,10,12-14,16,19,22,25,28,30-32,34,36-38,40,42-44,46,48-57H2,1-5H3/p+1/b11-9-,17-15-,20-18-,23-21-,26-24-,29-27-,35-33-,41-39-,47-45-. The van der Waals surface area contributed by atoms with Gasteiger partial charge in [-0.05, 0) is 96.3 Å². The van der Waals surface area contributed by atoms with E-state index in [1.807, 2.05) is 21.1 Å². The summed E-state index contributed by atoms with van der Waals surface area (Å²) >= 11 is 0. The summed E-state index contributed by atoms with van der Waals surface area (Å²) in [4.78, 5) is 37.4. The Balaban J connectivity index is 4.41. The molecule has 0 saturated heterocycles. The van der Waals surface area contributed by atoms with Crippen molar-refractivity contribution in [3.8, 4) is 0 Å². The molecule has 1 N–H and O–H groups in total. The number of hydrogen-bond donors (Lipinski definition) is 1. The van der Waals surface area contributed by atoms with Crippen LogP contribution in [-0.2, 0) is 33.3 Å². The summed E-state index contributed by atoms with van der Waals surface area (Å²) < 4.78 is 22.8. The highest BCUT2D eigenvalue weighted by Crippen LogP contribution is 2.14. The molecule has 0 aliphatic heterocycles. The lowest BCUT2D eigenvalue weighted by atomic mass is 10.0. The van der Waals surface area contributed by atoms with E-state index in [1.54, 1.807) is 0 Å². The van der Waals surface area contributed by atoms with Gasteiger partial charge >= 0.3 is 17.9 Å². The first-order valence-corrected chi connectivity index (χ1v) is 28.1. The predicted molar refractivity (Wildman–Crippen MR) is 299 cm³/mol. The molecule has 0 aromatic heterocycles. The molecule has 0 radical (unpaired) electrons. The lowest BCUT2D eigenvalue weighted by Crippen LogP contribution is -2.40. The fourth-order valence-corrected chi connectivity index (χ4v) is 7.21. The van der Waals surface area contributed by atoms with Gasteiger partial charge in [0.1, 0.15) is 13.2 Å². The van der Waals surface area contributed by atoms with Crippen LogP contribution in [0.15, 0.2) is 109 Å². The van der Waals surface area contributed by atoms with E-state index >= 15 is 0 Å². The molecule has 0 bridgehead atoms. The normalized spacial score (nSPS) is 13.6.